The molecule has 0 aromatic rings. The first-order valence-electron chi connectivity index (χ1n) is 6.99. The summed E-state index contributed by atoms with van der Waals surface area (Å²) >= 11 is 0. The molecule has 2 unspecified atom stereocenters. The van der Waals surface area contributed by atoms with Gasteiger partial charge in [-0.15, -0.1) is 0 Å². The van der Waals surface area contributed by atoms with Gasteiger partial charge in [-0.05, 0) is 26.3 Å². The Bertz CT molecular complexity index is 313. The highest BCUT2D eigenvalue weighted by molar-refractivity contribution is 5.89. The molecule has 2 aliphatic heterocycles. The lowest BCUT2D eigenvalue weighted by atomic mass is 10.0. The molecule has 2 fully saturated rings. The summed E-state index contributed by atoms with van der Waals surface area (Å²) in [4.78, 5) is 25.4. The number of likely N-dealkylation sites (N-methyl/N-ethyl adjacent to an activating group) is 1. The fourth-order valence-corrected chi connectivity index (χ4v) is 2.76. The second-order valence-electron chi connectivity index (χ2n) is 5.23. The molecule has 18 heavy (non-hydrogen) atoms. The largest absolute Gasteiger partial charge is 0.355 e. The Balaban J connectivity index is 1.86. The number of carbonyl (C=O) groups excluding carboxylic acids is 2. The molecule has 0 radical (unpaired) electrons. The van der Waals surface area contributed by atoms with Crippen molar-refractivity contribution in [2.45, 2.75) is 38.6 Å². The monoisotopic (exact) mass is 253 g/mol. The number of piperidine rings is 1. The zero-order chi connectivity index (χ0) is 13.0. The predicted molar refractivity (Wildman–Crippen MR) is 69.0 cm³/mol. The lowest BCUT2D eigenvalue weighted by Crippen LogP contribution is -2.47. The molecule has 2 heterocycles. The van der Waals surface area contributed by atoms with Crippen molar-refractivity contribution in [3.8, 4) is 0 Å². The summed E-state index contributed by atoms with van der Waals surface area (Å²) in [5.74, 6) is -0.0236. The molecular weight excluding hydrogens is 230 g/mol. The smallest absolute Gasteiger partial charge is 0.228 e. The average Bonchev–Trinajstić information content (AvgIpc) is 2.83. The normalized spacial score (nSPS) is 27.9. The Hall–Kier alpha value is -1.10. The Morgan fingerprint density at radius 3 is 2.83 bits per heavy atom. The molecule has 2 saturated heterocycles. The Morgan fingerprint density at radius 2 is 2.28 bits per heavy atom. The van der Waals surface area contributed by atoms with Gasteiger partial charge >= 0.3 is 0 Å². The number of nitrogens with one attached hydrogen (secondary N) is 2. The third-order valence-corrected chi connectivity index (χ3v) is 3.87. The number of nitrogens with zero attached hydrogens (tertiary/aromatic N) is 1. The van der Waals surface area contributed by atoms with E-state index in [1.54, 1.807) is 0 Å². The summed E-state index contributed by atoms with van der Waals surface area (Å²) in [6.07, 6.45) is 3.98. The fourth-order valence-electron chi connectivity index (χ4n) is 2.76. The van der Waals surface area contributed by atoms with Crippen LogP contribution in [0.4, 0.5) is 0 Å². The number of rotatable bonds is 4. The molecule has 2 amide bonds. The van der Waals surface area contributed by atoms with Crippen molar-refractivity contribution < 1.29 is 9.59 Å². The van der Waals surface area contributed by atoms with Crippen molar-refractivity contribution >= 4 is 11.8 Å². The summed E-state index contributed by atoms with van der Waals surface area (Å²) in [5.41, 5.74) is 0. The first-order chi connectivity index (χ1) is 8.70. The molecule has 2 N–H and O–H groups in total. The molecule has 2 aliphatic rings. The molecule has 0 aliphatic carbocycles. The second-order valence-corrected chi connectivity index (χ2v) is 5.23. The number of carbonyl (C=O) groups is 2. The Kier molecular flexibility index (Phi) is 4.58. The summed E-state index contributed by atoms with van der Waals surface area (Å²) in [7, 11) is 0. The van der Waals surface area contributed by atoms with Gasteiger partial charge in [0, 0.05) is 32.1 Å². The molecule has 102 valence electrons. The van der Waals surface area contributed by atoms with Crippen molar-refractivity contribution in [3.05, 3.63) is 0 Å². The zero-order valence-electron chi connectivity index (χ0n) is 11.1. The zero-order valence-corrected chi connectivity index (χ0v) is 11.1. The lowest BCUT2D eigenvalue weighted by Gasteiger charge is -2.31. The molecule has 0 saturated carbocycles. The van der Waals surface area contributed by atoms with E-state index in [9.17, 15) is 9.59 Å². The van der Waals surface area contributed by atoms with Crippen molar-refractivity contribution in [3.63, 3.8) is 0 Å². The minimum absolute atomic E-state index is 0.000180. The molecular formula is C13H23N3O2. The maximum absolute atomic E-state index is 12.3. The second kappa shape index (κ2) is 6.18. The first-order valence-corrected chi connectivity index (χ1v) is 6.99. The van der Waals surface area contributed by atoms with E-state index in [4.69, 9.17) is 0 Å². The van der Waals surface area contributed by atoms with Gasteiger partial charge in [0.1, 0.15) is 0 Å². The van der Waals surface area contributed by atoms with Crippen LogP contribution in [0.5, 0.6) is 0 Å². The third kappa shape index (κ3) is 3.22. The highest BCUT2D eigenvalue weighted by Gasteiger charge is 2.31. The standard InChI is InChI=1S/C13H23N3O2/c1-2-16(9-11-5-3-4-6-14-11)13(18)10-7-12(17)15-8-10/h10-11,14H,2-9H2,1H3,(H,15,17). The van der Waals surface area contributed by atoms with E-state index in [0.717, 1.165) is 26.1 Å². The van der Waals surface area contributed by atoms with Gasteiger partial charge < -0.3 is 15.5 Å². The SMILES string of the molecule is CCN(CC1CCCCN1)C(=O)C1CNC(=O)C1. The molecule has 0 aromatic heterocycles. The Morgan fingerprint density at radius 1 is 1.44 bits per heavy atom. The third-order valence-electron chi connectivity index (χ3n) is 3.87. The van der Waals surface area contributed by atoms with Crippen LogP contribution in [-0.2, 0) is 9.59 Å². The molecule has 5 nitrogen and oxygen atoms in total. The van der Waals surface area contributed by atoms with Crippen molar-refractivity contribution in [2.24, 2.45) is 5.92 Å². The van der Waals surface area contributed by atoms with E-state index in [1.807, 2.05) is 11.8 Å². The quantitative estimate of drug-likeness (QED) is 0.748. The van der Waals surface area contributed by atoms with Crippen LogP contribution in [0.2, 0.25) is 0 Å². The van der Waals surface area contributed by atoms with Gasteiger partial charge in [0.05, 0.1) is 5.92 Å². The van der Waals surface area contributed by atoms with E-state index in [2.05, 4.69) is 10.6 Å². The van der Waals surface area contributed by atoms with Gasteiger partial charge in [-0.2, -0.15) is 0 Å². The van der Waals surface area contributed by atoms with E-state index in [1.165, 1.54) is 12.8 Å². The van der Waals surface area contributed by atoms with Gasteiger partial charge in [0.15, 0.2) is 0 Å². The van der Waals surface area contributed by atoms with Gasteiger partial charge in [0.2, 0.25) is 11.8 Å². The van der Waals surface area contributed by atoms with Crippen LogP contribution in [0.25, 0.3) is 0 Å². The summed E-state index contributed by atoms with van der Waals surface area (Å²) < 4.78 is 0. The summed E-state index contributed by atoms with van der Waals surface area (Å²) in [6, 6.07) is 0.424. The number of amides is 2. The van der Waals surface area contributed by atoms with Crippen LogP contribution in [0.1, 0.15) is 32.6 Å². The van der Waals surface area contributed by atoms with E-state index in [0.29, 0.717) is 19.0 Å². The molecule has 5 heteroatoms. The molecule has 0 bridgehead atoms. The fraction of sp³-hybridized carbons (Fsp3) is 0.846. The van der Waals surface area contributed by atoms with Gasteiger partial charge in [-0.1, -0.05) is 6.42 Å². The Labute approximate surface area is 108 Å². The first kappa shape index (κ1) is 13.3. The molecule has 0 aromatic carbocycles. The van der Waals surface area contributed by atoms with Gasteiger partial charge in [-0.25, -0.2) is 0 Å². The van der Waals surface area contributed by atoms with Crippen molar-refractivity contribution in [1.82, 2.24) is 15.5 Å². The predicted octanol–water partition coefficient (Wildman–Crippen LogP) is 0.113. The minimum Gasteiger partial charge on any atom is -0.355 e. The molecule has 2 rings (SSSR count). The highest BCUT2D eigenvalue weighted by atomic mass is 16.2. The topological polar surface area (TPSA) is 61.4 Å². The number of hydrogen-bond acceptors (Lipinski definition) is 3. The van der Waals surface area contributed by atoms with Crippen LogP contribution in [0.15, 0.2) is 0 Å². The lowest BCUT2D eigenvalue weighted by molar-refractivity contribution is -0.136. The van der Waals surface area contributed by atoms with Crippen molar-refractivity contribution in [1.29, 1.82) is 0 Å². The minimum atomic E-state index is -0.152. The summed E-state index contributed by atoms with van der Waals surface area (Å²) in [6.45, 7) is 5.07. The maximum atomic E-state index is 12.3. The van der Waals surface area contributed by atoms with E-state index in [-0.39, 0.29) is 17.7 Å². The van der Waals surface area contributed by atoms with Gasteiger partial charge in [-0.3, -0.25) is 9.59 Å². The van der Waals surface area contributed by atoms with Crippen molar-refractivity contribution in [2.75, 3.05) is 26.2 Å². The van der Waals surface area contributed by atoms with Crippen LogP contribution >= 0.6 is 0 Å². The van der Waals surface area contributed by atoms with Crippen LogP contribution in [0, 0.1) is 5.92 Å². The van der Waals surface area contributed by atoms with E-state index < -0.39 is 0 Å². The van der Waals surface area contributed by atoms with Crippen LogP contribution < -0.4 is 10.6 Å². The number of hydrogen-bond donors (Lipinski definition) is 2. The average molecular weight is 253 g/mol. The summed E-state index contributed by atoms with van der Waals surface area (Å²) in [5, 5.41) is 6.19. The molecule has 2 atom stereocenters. The van der Waals surface area contributed by atoms with E-state index >= 15 is 0 Å². The van der Waals surface area contributed by atoms with Crippen LogP contribution in [0.3, 0.4) is 0 Å². The molecule has 0 spiro atoms. The van der Waals surface area contributed by atoms with Gasteiger partial charge in [0.25, 0.3) is 0 Å². The van der Waals surface area contributed by atoms with Crippen LogP contribution in [-0.4, -0.2) is 48.9 Å². The maximum Gasteiger partial charge on any atom is 0.228 e. The highest BCUT2D eigenvalue weighted by Crippen LogP contribution is 2.15.